The Balaban J connectivity index is 2.15. The Morgan fingerprint density at radius 1 is 1.04 bits per heavy atom. The summed E-state index contributed by atoms with van der Waals surface area (Å²) in [4.78, 5) is 32.9. The van der Waals surface area contributed by atoms with Crippen LogP contribution in [-0.4, -0.2) is 30.0 Å². The second kappa shape index (κ2) is 5.11. The van der Waals surface area contributed by atoms with Gasteiger partial charge in [-0.25, -0.2) is 23.2 Å². The number of benzene rings is 1. The predicted molar refractivity (Wildman–Crippen MR) is 87.2 cm³/mol. The summed E-state index contributed by atoms with van der Waals surface area (Å²) >= 11 is 0. The van der Waals surface area contributed by atoms with E-state index in [1.54, 1.807) is 12.1 Å². The van der Waals surface area contributed by atoms with Crippen LogP contribution in [0.2, 0.25) is 0 Å². The first kappa shape index (κ1) is 15.3. The summed E-state index contributed by atoms with van der Waals surface area (Å²) in [6, 6.07) is 7.52. The van der Waals surface area contributed by atoms with Crippen LogP contribution in [0.5, 0.6) is 0 Å². The third-order valence-electron chi connectivity index (χ3n) is 3.83. The summed E-state index contributed by atoms with van der Waals surface area (Å²) < 4.78 is 32.0. The number of aromatic nitrogens is 3. The van der Waals surface area contributed by atoms with Crippen LogP contribution in [0.15, 0.2) is 61.6 Å². The number of nitrogens with zero attached hydrogens (tertiary/aromatic N) is 4. The highest BCUT2D eigenvalue weighted by Crippen LogP contribution is 2.39. The quantitative estimate of drug-likeness (QED) is 0.618. The Bertz CT molecular complexity index is 1210. The SMILES string of the molecule is CN1c2c(oc(=O)n(-c3ncccn3)c2=O)-c2ccccc2S1(=O)=O. The van der Waals surface area contributed by atoms with Gasteiger partial charge in [-0.2, -0.15) is 4.57 Å². The molecule has 9 nitrogen and oxygen atoms in total. The zero-order valence-corrected chi connectivity index (χ0v) is 13.6. The lowest BCUT2D eigenvalue weighted by Gasteiger charge is -2.26. The largest absolute Gasteiger partial charge is 0.429 e. The molecule has 0 amide bonds. The Kier molecular flexibility index (Phi) is 3.12. The van der Waals surface area contributed by atoms with Crippen LogP contribution >= 0.6 is 0 Å². The molecule has 0 spiro atoms. The van der Waals surface area contributed by atoms with E-state index >= 15 is 0 Å². The van der Waals surface area contributed by atoms with Gasteiger partial charge in [-0.05, 0) is 18.2 Å². The van der Waals surface area contributed by atoms with Crippen LogP contribution in [0, 0.1) is 0 Å². The van der Waals surface area contributed by atoms with Gasteiger partial charge in [0.2, 0.25) is 5.95 Å². The Hall–Kier alpha value is -3.27. The summed E-state index contributed by atoms with van der Waals surface area (Å²) in [6.45, 7) is 0. The summed E-state index contributed by atoms with van der Waals surface area (Å²) in [5, 5.41) is 0. The molecule has 0 unspecified atom stereocenters. The predicted octanol–water partition coefficient (Wildman–Crippen LogP) is 0.386. The van der Waals surface area contributed by atoms with E-state index in [-0.39, 0.29) is 27.9 Å². The van der Waals surface area contributed by atoms with Gasteiger partial charge in [-0.1, -0.05) is 12.1 Å². The van der Waals surface area contributed by atoms with Crippen LogP contribution in [0.25, 0.3) is 17.3 Å². The van der Waals surface area contributed by atoms with E-state index in [0.717, 1.165) is 4.31 Å². The standard InChI is InChI=1S/C15H10N4O5S/c1-18-11-12(9-5-2-3-6-10(9)25(18,22)23)24-15(21)19(13(11)20)14-16-7-4-8-17-14/h2-8H,1H3. The van der Waals surface area contributed by atoms with E-state index in [2.05, 4.69) is 9.97 Å². The van der Waals surface area contributed by atoms with Crippen molar-refractivity contribution in [3.8, 4) is 17.3 Å². The number of sulfonamides is 1. The molecule has 3 heterocycles. The first-order valence-corrected chi connectivity index (χ1v) is 8.53. The number of fused-ring (bicyclic) bond motifs is 3. The van der Waals surface area contributed by atoms with Crippen molar-refractivity contribution >= 4 is 15.7 Å². The molecule has 0 saturated heterocycles. The first-order chi connectivity index (χ1) is 11.9. The van der Waals surface area contributed by atoms with Gasteiger partial charge in [0.1, 0.15) is 0 Å². The number of anilines is 1. The molecule has 0 radical (unpaired) electrons. The van der Waals surface area contributed by atoms with Gasteiger partial charge in [0.05, 0.1) is 4.90 Å². The Labute approximate surface area is 140 Å². The van der Waals surface area contributed by atoms with Crippen molar-refractivity contribution < 1.29 is 12.8 Å². The summed E-state index contributed by atoms with van der Waals surface area (Å²) in [5.41, 5.74) is -0.991. The van der Waals surface area contributed by atoms with E-state index in [1.165, 1.54) is 37.6 Å². The van der Waals surface area contributed by atoms with Crippen molar-refractivity contribution in [3.05, 3.63) is 63.6 Å². The van der Waals surface area contributed by atoms with E-state index in [9.17, 15) is 18.0 Å². The van der Waals surface area contributed by atoms with Crippen molar-refractivity contribution in [1.82, 2.24) is 14.5 Å². The normalized spacial score (nSPS) is 14.7. The van der Waals surface area contributed by atoms with E-state index in [1.807, 2.05) is 0 Å². The smallest absolute Gasteiger partial charge is 0.406 e. The minimum absolute atomic E-state index is 0.0405. The molecule has 0 atom stereocenters. The molecular weight excluding hydrogens is 348 g/mol. The third-order valence-corrected chi connectivity index (χ3v) is 5.65. The maximum absolute atomic E-state index is 12.9. The van der Waals surface area contributed by atoms with Crippen LogP contribution in [0.1, 0.15) is 0 Å². The molecule has 0 fully saturated rings. The monoisotopic (exact) mass is 358 g/mol. The Morgan fingerprint density at radius 3 is 2.44 bits per heavy atom. The third kappa shape index (κ3) is 2.04. The molecule has 10 heteroatoms. The molecule has 0 bridgehead atoms. The second-order valence-electron chi connectivity index (χ2n) is 5.20. The van der Waals surface area contributed by atoms with Gasteiger partial charge in [-0.15, -0.1) is 0 Å². The van der Waals surface area contributed by atoms with Gasteiger partial charge in [0.15, 0.2) is 11.4 Å². The van der Waals surface area contributed by atoms with Gasteiger partial charge in [0, 0.05) is 25.0 Å². The second-order valence-corrected chi connectivity index (χ2v) is 7.14. The zero-order valence-electron chi connectivity index (χ0n) is 12.8. The highest BCUT2D eigenvalue weighted by molar-refractivity contribution is 7.93. The molecule has 1 aromatic carbocycles. The molecular formula is C15H10N4O5S. The van der Waals surface area contributed by atoms with Gasteiger partial charge in [-0.3, -0.25) is 9.10 Å². The minimum atomic E-state index is -3.95. The maximum atomic E-state index is 12.9. The summed E-state index contributed by atoms with van der Waals surface area (Å²) in [7, 11) is -2.73. The lowest BCUT2D eigenvalue weighted by atomic mass is 10.1. The molecule has 0 N–H and O–H groups in total. The fraction of sp³-hybridized carbons (Fsp3) is 0.0667. The topological polar surface area (TPSA) is 115 Å². The molecule has 1 aliphatic rings. The lowest BCUT2D eigenvalue weighted by molar-refractivity contribution is 0.465. The molecule has 4 rings (SSSR count). The van der Waals surface area contributed by atoms with E-state index in [4.69, 9.17) is 4.42 Å². The van der Waals surface area contributed by atoms with E-state index in [0.29, 0.717) is 4.57 Å². The number of hydrogen-bond donors (Lipinski definition) is 0. The molecule has 25 heavy (non-hydrogen) atoms. The van der Waals surface area contributed by atoms with Crippen molar-refractivity contribution in [1.29, 1.82) is 0 Å². The fourth-order valence-corrected chi connectivity index (χ4v) is 4.04. The molecule has 3 aromatic rings. The Morgan fingerprint density at radius 2 is 1.72 bits per heavy atom. The zero-order chi connectivity index (χ0) is 17.8. The van der Waals surface area contributed by atoms with Gasteiger partial charge >= 0.3 is 5.76 Å². The van der Waals surface area contributed by atoms with Gasteiger partial charge in [0.25, 0.3) is 15.6 Å². The average molecular weight is 358 g/mol. The molecule has 2 aromatic heterocycles. The van der Waals surface area contributed by atoms with E-state index < -0.39 is 21.3 Å². The van der Waals surface area contributed by atoms with Crippen LogP contribution in [0.4, 0.5) is 5.69 Å². The van der Waals surface area contributed by atoms with Crippen molar-refractivity contribution in [2.24, 2.45) is 0 Å². The van der Waals surface area contributed by atoms with Gasteiger partial charge < -0.3 is 4.42 Å². The maximum Gasteiger partial charge on any atom is 0.429 e. The fourth-order valence-electron chi connectivity index (χ4n) is 2.65. The highest BCUT2D eigenvalue weighted by Gasteiger charge is 2.37. The highest BCUT2D eigenvalue weighted by atomic mass is 32.2. The van der Waals surface area contributed by atoms with Crippen molar-refractivity contribution in [2.45, 2.75) is 4.90 Å². The molecule has 126 valence electrons. The first-order valence-electron chi connectivity index (χ1n) is 7.09. The van der Waals surface area contributed by atoms with Crippen LogP contribution in [0.3, 0.4) is 0 Å². The number of rotatable bonds is 1. The van der Waals surface area contributed by atoms with Crippen molar-refractivity contribution in [3.63, 3.8) is 0 Å². The molecule has 0 aliphatic carbocycles. The molecule has 1 aliphatic heterocycles. The van der Waals surface area contributed by atoms with Crippen LogP contribution in [-0.2, 0) is 10.0 Å². The lowest BCUT2D eigenvalue weighted by Crippen LogP contribution is -2.41. The summed E-state index contributed by atoms with van der Waals surface area (Å²) in [6.07, 6.45) is 2.70. The average Bonchev–Trinajstić information content (AvgIpc) is 2.61. The summed E-state index contributed by atoms with van der Waals surface area (Å²) in [5.74, 6) is -1.30. The number of hydrogen-bond acceptors (Lipinski definition) is 7. The van der Waals surface area contributed by atoms with Crippen molar-refractivity contribution in [2.75, 3.05) is 11.4 Å². The minimum Gasteiger partial charge on any atom is -0.406 e. The van der Waals surface area contributed by atoms with Crippen LogP contribution < -0.4 is 15.6 Å². The molecule has 0 saturated carbocycles.